The Morgan fingerprint density at radius 1 is 0.857 bits per heavy atom. The maximum Gasteiger partial charge on any atom is 0.00784 e. The van der Waals surface area contributed by atoms with Crippen molar-refractivity contribution in [3.8, 4) is 0 Å². The standard InChI is InChI=1S/C17H11N.3Y/c1-18-16-9-5-4-8-14(16)15-11-10-12-6-2-3-7-13(12)17(15)18;;;/h2-3,5-9,11H,1H3;;;/q-2;;;. The van der Waals surface area contributed by atoms with Crippen LogP contribution in [-0.4, -0.2) is 4.57 Å². The maximum atomic E-state index is 3.37. The molecule has 4 heteroatoms. The Morgan fingerprint density at radius 2 is 1.62 bits per heavy atom. The third kappa shape index (κ3) is 3.30. The van der Waals surface area contributed by atoms with E-state index in [0.29, 0.717) is 0 Å². The van der Waals surface area contributed by atoms with E-state index in [2.05, 4.69) is 66.2 Å². The van der Waals surface area contributed by atoms with Crippen molar-refractivity contribution >= 4 is 32.6 Å². The summed E-state index contributed by atoms with van der Waals surface area (Å²) in [5.74, 6) is 0. The van der Waals surface area contributed by atoms with Crippen LogP contribution in [0.3, 0.4) is 0 Å². The molecule has 0 spiro atoms. The fraction of sp³-hybridized carbons (Fsp3) is 0.0588. The van der Waals surface area contributed by atoms with Crippen molar-refractivity contribution in [2.45, 2.75) is 0 Å². The van der Waals surface area contributed by atoms with Crippen LogP contribution >= 0.6 is 0 Å². The van der Waals surface area contributed by atoms with Gasteiger partial charge in [0.05, 0.1) is 0 Å². The fourth-order valence-electron chi connectivity index (χ4n) is 2.80. The molecular formula is C17H11NY3-2. The Hall–Kier alpha value is 1.03. The molecular weight excluding hydrogens is 485 g/mol. The topological polar surface area (TPSA) is 4.93 Å². The van der Waals surface area contributed by atoms with Crippen molar-refractivity contribution < 1.29 is 98.1 Å². The number of benzene rings is 3. The van der Waals surface area contributed by atoms with Crippen molar-refractivity contribution in [1.82, 2.24) is 4.57 Å². The summed E-state index contributed by atoms with van der Waals surface area (Å²) in [7, 11) is 2.12. The summed E-state index contributed by atoms with van der Waals surface area (Å²) in [5.41, 5.74) is 2.52. The predicted octanol–water partition coefficient (Wildman–Crippen LogP) is 4.08. The van der Waals surface area contributed by atoms with Crippen LogP contribution in [0, 0.1) is 12.1 Å². The number of hydrogen-bond donors (Lipinski definition) is 0. The molecule has 0 bridgehead atoms. The molecule has 0 saturated heterocycles. The normalized spacial score (nSPS) is 9.95. The number of hydrogen-bond acceptors (Lipinski definition) is 0. The fourth-order valence-corrected chi connectivity index (χ4v) is 2.80. The van der Waals surface area contributed by atoms with E-state index in [1.807, 2.05) is 6.07 Å². The van der Waals surface area contributed by atoms with E-state index in [1.165, 1.54) is 32.6 Å². The second kappa shape index (κ2) is 8.23. The molecule has 1 nitrogen and oxygen atoms in total. The Kier molecular flexibility index (Phi) is 7.86. The molecule has 1 heterocycles. The van der Waals surface area contributed by atoms with Crippen LogP contribution in [0.4, 0.5) is 0 Å². The predicted molar refractivity (Wildman–Crippen MR) is 75.6 cm³/mol. The summed E-state index contributed by atoms with van der Waals surface area (Å²) in [6.07, 6.45) is 0. The summed E-state index contributed by atoms with van der Waals surface area (Å²) in [6.45, 7) is 0. The van der Waals surface area contributed by atoms with Crippen molar-refractivity contribution in [1.29, 1.82) is 0 Å². The van der Waals surface area contributed by atoms with Gasteiger partial charge in [-0.05, 0) is 5.52 Å². The summed E-state index contributed by atoms with van der Waals surface area (Å²) in [4.78, 5) is 0. The van der Waals surface area contributed by atoms with Crippen LogP contribution in [0.25, 0.3) is 32.6 Å². The molecule has 21 heavy (non-hydrogen) atoms. The molecule has 0 amide bonds. The monoisotopic (exact) mass is 496 g/mol. The molecule has 0 N–H and O–H groups in total. The van der Waals surface area contributed by atoms with Crippen LogP contribution in [0.2, 0.25) is 0 Å². The Morgan fingerprint density at radius 3 is 2.43 bits per heavy atom. The minimum Gasteiger partial charge on any atom is -0.384 e. The van der Waals surface area contributed by atoms with Gasteiger partial charge >= 0.3 is 0 Å². The zero-order chi connectivity index (χ0) is 12.1. The van der Waals surface area contributed by atoms with Gasteiger partial charge in [-0.15, -0.1) is 46.5 Å². The van der Waals surface area contributed by atoms with E-state index >= 15 is 0 Å². The SMILES string of the molecule is Cn1c2cc[c-]cc2c2c[c-]c3ccccc3c21.[Y].[Y].[Y]. The van der Waals surface area contributed by atoms with Gasteiger partial charge < -0.3 is 4.57 Å². The smallest absolute Gasteiger partial charge is 0.00784 e. The maximum absolute atomic E-state index is 3.37. The molecule has 95 valence electrons. The third-order valence-electron chi connectivity index (χ3n) is 3.64. The summed E-state index contributed by atoms with van der Waals surface area (Å²) in [6, 6.07) is 23.2. The molecule has 3 radical (unpaired) electrons. The largest absolute Gasteiger partial charge is 0.384 e. The van der Waals surface area contributed by atoms with Gasteiger partial charge in [-0.25, -0.2) is 0 Å². The number of nitrogens with zero attached hydrogens (tertiary/aromatic N) is 1. The number of aromatic nitrogens is 1. The molecule has 0 aliphatic heterocycles. The van der Waals surface area contributed by atoms with Crippen LogP contribution < -0.4 is 0 Å². The molecule has 0 aliphatic rings. The van der Waals surface area contributed by atoms with E-state index in [-0.39, 0.29) is 98.1 Å². The summed E-state index contributed by atoms with van der Waals surface area (Å²) in [5, 5.41) is 4.92. The molecule has 4 rings (SSSR count). The van der Waals surface area contributed by atoms with Gasteiger partial charge in [-0.3, -0.25) is 0 Å². The van der Waals surface area contributed by atoms with Gasteiger partial charge in [0.15, 0.2) is 0 Å². The second-order valence-corrected chi connectivity index (χ2v) is 4.60. The molecule has 0 aliphatic carbocycles. The average Bonchev–Trinajstić information content (AvgIpc) is 2.73. The van der Waals surface area contributed by atoms with Crippen LogP contribution in [-0.2, 0) is 105 Å². The Labute approximate surface area is 199 Å². The number of rotatable bonds is 0. The van der Waals surface area contributed by atoms with Gasteiger partial charge in [-0.1, -0.05) is 23.0 Å². The summed E-state index contributed by atoms with van der Waals surface area (Å²) >= 11 is 0. The average molecular weight is 496 g/mol. The quantitative estimate of drug-likeness (QED) is 0.324. The van der Waals surface area contributed by atoms with Crippen LogP contribution in [0.1, 0.15) is 0 Å². The minimum atomic E-state index is 0. The molecule has 0 atom stereocenters. The van der Waals surface area contributed by atoms with Crippen molar-refractivity contribution in [2.75, 3.05) is 0 Å². The summed E-state index contributed by atoms with van der Waals surface area (Å²) < 4.78 is 2.26. The first-order valence-electron chi connectivity index (χ1n) is 6.04. The molecule has 0 unspecified atom stereocenters. The van der Waals surface area contributed by atoms with E-state index in [1.54, 1.807) is 0 Å². The van der Waals surface area contributed by atoms with Gasteiger partial charge in [0.25, 0.3) is 0 Å². The van der Waals surface area contributed by atoms with E-state index in [0.717, 1.165) is 0 Å². The molecule has 0 saturated carbocycles. The van der Waals surface area contributed by atoms with E-state index in [9.17, 15) is 0 Å². The molecule has 1 aromatic heterocycles. The van der Waals surface area contributed by atoms with Gasteiger partial charge in [0.2, 0.25) is 0 Å². The van der Waals surface area contributed by atoms with Gasteiger partial charge in [-0.2, -0.15) is 18.2 Å². The molecule has 4 aromatic rings. The third-order valence-corrected chi connectivity index (χ3v) is 3.64. The zero-order valence-electron chi connectivity index (χ0n) is 11.8. The first kappa shape index (κ1) is 20.1. The molecule has 3 aromatic carbocycles. The van der Waals surface area contributed by atoms with Gasteiger partial charge in [0, 0.05) is 105 Å². The zero-order valence-corrected chi connectivity index (χ0v) is 20.3. The van der Waals surface area contributed by atoms with Crippen molar-refractivity contribution in [3.63, 3.8) is 0 Å². The van der Waals surface area contributed by atoms with Crippen molar-refractivity contribution in [3.05, 3.63) is 60.7 Å². The molecule has 0 fully saturated rings. The second-order valence-electron chi connectivity index (χ2n) is 4.60. The number of aryl methyl sites for hydroxylation is 1. The minimum absolute atomic E-state index is 0. The first-order valence-corrected chi connectivity index (χ1v) is 6.04. The number of fused-ring (bicyclic) bond motifs is 5. The van der Waals surface area contributed by atoms with Crippen molar-refractivity contribution in [2.24, 2.45) is 7.05 Å². The van der Waals surface area contributed by atoms with E-state index < -0.39 is 0 Å². The van der Waals surface area contributed by atoms with E-state index in [4.69, 9.17) is 0 Å². The van der Waals surface area contributed by atoms with Crippen LogP contribution in [0.5, 0.6) is 0 Å². The Bertz CT molecular complexity index is 896. The Balaban J connectivity index is 0.000000735. The first-order chi connectivity index (χ1) is 8.86. The van der Waals surface area contributed by atoms with Gasteiger partial charge in [0.1, 0.15) is 0 Å². The van der Waals surface area contributed by atoms with Crippen LogP contribution in [0.15, 0.2) is 48.5 Å².